The van der Waals surface area contributed by atoms with Crippen molar-refractivity contribution in [3.8, 4) is 0 Å². The molecule has 0 fully saturated rings. The van der Waals surface area contributed by atoms with Crippen molar-refractivity contribution in [1.29, 1.82) is 0 Å². The zero-order valence-corrected chi connectivity index (χ0v) is 14.1. The zero-order valence-electron chi connectivity index (χ0n) is 12.5. The van der Waals surface area contributed by atoms with Crippen LogP contribution in [0.1, 0.15) is 30.7 Å². The Kier molecular flexibility index (Phi) is 4.27. The highest BCUT2D eigenvalue weighted by molar-refractivity contribution is 7.99. The number of aromatic nitrogens is 2. The third kappa shape index (κ3) is 3.07. The van der Waals surface area contributed by atoms with E-state index in [1.54, 1.807) is 36.8 Å². The lowest BCUT2D eigenvalue weighted by Gasteiger charge is -2.16. The number of aliphatic hydroxyl groups is 1. The van der Waals surface area contributed by atoms with Crippen LogP contribution in [0.3, 0.4) is 0 Å². The Balaban J connectivity index is 2.36. The van der Waals surface area contributed by atoms with Crippen LogP contribution < -0.4 is 5.56 Å². The SMILES string of the molecule is Cc1sc2nc(SCCC(C)(C)O)n(C)c(=O)c2c1C. The van der Waals surface area contributed by atoms with Crippen molar-refractivity contribution in [2.45, 2.75) is 44.9 Å². The van der Waals surface area contributed by atoms with E-state index in [4.69, 9.17) is 0 Å². The molecule has 0 amide bonds. The van der Waals surface area contributed by atoms with E-state index in [0.717, 1.165) is 26.4 Å². The maximum absolute atomic E-state index is 12.4. The number of rotatable bonds is 4. The van der Waals surface area contributed by atoms with Crippen LogP contribution in [0.15, 0.2) is 9.95 Å². The van der Waals surface area contributed by atoms with Gasteiger partial charge in [-0.2, -0.15) is 0 Å². The van der Waals surface area contributed by atoms with Gasteiger partial charge in [0.1, 0.15) is 4.83 Å². The van der Waals surface area contributed by atoms with Crippen molar-refractivity contribution in [2.75, 3.05) is 5.75 Å². The number of fused-ring (bicyclic) bond motifs is 1. The van der Waals surface area contributed by atoms with Gasteiger partial charge >= 0.3 is 0 Å². The molecule has 0 aliphatic rings. The van der Waals surface area contributed by atoms with Crippen LogP contribution in [0.5, 0.6) is 0 Å². The second-order valence-corrected chi connectivity index (χ2v) is 7.90. The first-order valence-electron chi connectivity index (χ1n) is 6.52. The number of aryl methyl sites for hydroxylation is 2. The van der Waals surface area contributed by atoms with E-state index >= 15 is 0 Å². The molecule has 2 aromatic rings. The molecule has 20 heavy (non-hydrogen) atoms. The van der Waals surface area contributed by atoms with E-state index in [1.165, 1.54) is 11.8 Å². The van der Waals surface area contributed by atoms with Crippen LogP contribution in [0, 0.1) is 13.8 Å². The number of hydrogen-bond donors (Lipinski definition) is 1. The molecule has 0 unspecified atom stereocenters. The van der Waals surface area contributed by atoms with E-state index in [-0.39, 0.29) is 5.56 Å². The summed E-state index contributed by atoms with van der Waals surface area (Å²) in [4.78, 5) is 19.0. The summed E-state index contributed by atoms with van der Waals surface area (Å²) in [7, 11) is 1.76. The topological polar surface area (TPSA) is 55.1 Å². The van der Waals surface area contributed by atoms with Gasteiger partial charge in [-0.15, -0.1) is 11.3 Å². The molecule has 2 aromatic heterocycles. The molecule has 0 aliphatic carbocycles. The normalized spacial score (nSPS) is 12.3. The molecule has 0 radical (unpaired) electrons. The zero-order chi connectivity index (χ0) is 15.1. The summed E-state index contributed by atoms with van der Waals surface area (Å²) < 4.78 is 1.61. The molecule has 0 aliphatic heterocycles. The summed E-state index contributed by atoms with van der Waals surface area (Å²) in [6.07, 6.45) is 0.661. The highest BCUT2D eigenvalue weighted by Gasteiger charge is 2.16. The summed E-state index contributed by atoms with van der Waals surface area (Å²) in [5, 5.41) is 11.2. The predicted molar refractivity (Wildman–Crippen MR) is 86.0 cm³/mol. The summed E-state index contributed by atoms with van der Waals surface area (Å²) in [5.41, 5.74) is 0.361. The predicted octanol–water partition coefficient (Wildman–Crippen LogP) is 2.86. The highest BCUT2D eigenvalue weighted by Crippen LogP contribution is 2.28. The summed E-state index contributed by atoms with van der Waals surface area (Å²) in [6.45, 7) is 7.56. The molecule has 0 saturated carbocycles. The van der Waals surface area contributed by atoms with Gasteiger partial charge in [-0.25, -0.2) is 4.98 Å². The molecule has 1 N–H and O–H groups in total. The van der Waals surface area contributed by atoms with Crippen molar-refractivity contribution >= 4 is 33.3 Å². The maximum Gasteiger partial charge on any atom is 0.262 e. The van der Waals surface area contributed by atoms with Gasteiger partial charge in [-0.05, 0) is 39.7 Å². The Morgan fingerprint density at radius 1 is 1.40 bits per heavy atom. The molecule has 0 saturated heterocycles. The van der Waals surface area contributed by atoms with E-state index in [1.807, 2.05) is 13.8 Å². The van der Waals surface area contributed by atoms with Gasteiger partial charge in [0.15, 0.2) is 5.16 Å². The van der Waals surface area contributed by atoms with Crippen LogP contribution in [-0.2, 0) is 7.05 Å². The molecule has 0 atom stereocenters. The maximum atomic E-state index is 12.4. The first-order valence-corrected chi connectivity index (χ1v) is 8.33. The van der Waals surface area contributed by atoms with Crippen LogP contribution in [0.25, 0.3) is 10.2 Å². The first-order chi connectivity index (χ1) is 9.20. The molecular weight excluding hydrogens is 292 g/mol. The second kappa shape index (κ2) is 5.50. The van der Waals surface area contributed by atoms with E-state index in [2.05, 4.69) is 4.98 Å². The van der Waals surface area contributed by atoms with Crippen molar-refractivity contribution < 1.29 is 5.11 Å². The monoisotopic (exact) mass is 312 g/mol. The van der Waals surface area contributed by atoms with E-state index in [9.17, 15) is 9.90 Å². The summed E-state index contributed by atoms with van der Waals surface area (Å²) in [6, 6.07) is 0. The van der Waals surface area contributed by atoms with Gasteiger partial charge in [0.2, 0.25) is 0 Å². The van der Waals surface area contributed by atoms with E-state index in [0.29, 0.717) is 11.6 Å². The van der Waals surface area contributed by atoms with Gasteiger partial charge in [0.25, 0.3) is 5.56 Å². The Hall–Kier alpha value is -0.850. The summed E-state index contributed by atoms with van der Waals surface area (Å²) >= 11 is 3.08. The molecule has 0 bridgehead atoms. The minimum absolute atomic E-state index is 0.0163. The number of thioether (sulfide) groups is 1. The minimum Gasteiger partial charge on any atom is -0.390 e. The fraction of sp³-hybridized carbons (Fsp3) is 0.571. The van der Waals surface area contributed by atoms with Crippen LogP contribution in [0.2, 0.25) is 0 Å². The summed E-state index contributed by atoms with van der Waals surface area (Å²) in [5.74, 6) is 0.735. The third-order valence-corrected chi connectivity index (χ3v) is 5.45. The number of thiophene rings is 1. The molecule has 0 spiro atoms. The molecule has 4 nitrogen and oxygen atoms in total. The van der Waals surface area contributed by atoms with Crippen molar-refractivity contribution in [3.63, 3.8) is 0 Å². The fourth-order valence-electron chi connectivity index (χ4n) is 1.88. The lowest BCUT2D eigenvalue weighted by molar-refractivity contribution is 0.0777. The quantitative estimate of drug-likeness (QED) is 0.697. The van der Waals surface area contributed by atoms with Gasteiger partial charge in [-0.1, -0.05) is 11.8 Å². The van der Waals surface area contributed by atoms with Crippen LogP contribution in [-0.4, -0.2) is 26.0 Å². The number of hydrogen-bond acceptors (Lipinski definition) is 5. The van der Waals surface area contributed by atoms with Gasteiger partial charge in [0, 0.05) is 17.7 Å². The Bertz CT molecular complexity index is 696. The van der Waals surface area contributed by atoms with Crippen LogP contribution in [0.4, 0.5) is 0 Å². The largest absolute Gasteiger partial charge is 0.390 e. The molecule has 2 rings (SSSR count). The van der Waals surface area contributed by atoms with E-state index < -0.39 is 5.60 Å². The molecule has 0 aromatic carbocycles. The Morgan fingerprint density at radius 3 is 2.65 bits per heavy atom. The third-order valence-electron chi connectivity index (χ3n) is 3.31. The van der Waals surface area contributed by atoms with Crippen molar-refractivity contribution in [1.82, 2.24) is 9.55 Å². The fourth-order valence-corrected chi connectivity index (χ4v) is 4.17. The lowest BCUT2D eigenvalue weighted by Crippen LogP contribution is -2.21. The average molecular weight is 312 g/mol. The Morgan fingerprint density at radius 2 is 2.05 bits per heavy atom. The van der Waals surface area contributed by atoms with Gasteiger partial charge in [0.05, 0.1) is 11.0 Å². The lowest BCUT2D eigenvalue weighted by atomic mass is 10.1. The molecule has 6 heteroatoms. The standard InChI is InChI=1S/C14H20N2O2S2/c1-8-9(2)20-11-10(8)12(17)16(5)13(15-11)19-7-6-14(3,4)18/h18H,6-7H2,1-5H3. The molecular formula is C14H20N2O2S2. The van der Waals surface area contributed by atoms with Gasteiger partial charge < -0.3 is 5.11 Å². The highest BCUT2D eigenvalue weighted by atomic mass is 32.2. The van der Waals surface area contributed by atoms with Crippen molar-refractivity contribution in [3.05, 3.63) is 20.8 Å². The smallest absolute Gasteiger partial charge is 0.262 e. The Labute approximate surface area is 126 Å². The van der Waals surface area contributed by atoms with Gasteiger partial charge in [-0.3, -0.25) is 9.36 Å². The number of nitrogens with zero attached hydrogens (tertiary/aromatic N) is 2. The van der Waals surface area contributed by atoms with Crippen molar-refractivity contribution in [2.24, 2.45) is 7.05 Å². The minimum atomic E-state index is -0.688. The average Bonchev–Trinajstić information content (AvgIpc) is 2.60. The first kappa shape index (κ1) is 15.5. The second-order valence-electron chi connectivity index (χ2n) is 5.63. The molecule has 110 valence electrons. The molecule has 2 heterocycles. The van der Waals surface area contributed by atoms with Crippen LogP contribution >= 0.6 is 23.1 Å².